The number of thioether (sulfide) groups is 1. The number of hydrogen-bond acceptors (Lipinski definition) is 4. The molecule has 4 nitrogen and oxygen atoms in total. The molecular formula is C15H26N2O2S. The smallest absolute Gasteiger partial charge is 0.234 e. The van der Waals surface area contributed by atoms with E-state index in [0.717, 1.165) is 5.75 Å². The topological polar surface area (TPSA) is 52.6 Å². The number of aliphatic hydroxyl groups excluding tert-OH is 1. The molecule has 0 aromatic rings. The van der Waals surface area contributed by atoms with Gasteiger partial charge in [-0.15, -0.1) is 0 Å². The number of nitrogens with one attached hydrogen (secondary N) is 1. The molecule has 2 saturated carbocycles. The summed E-state index contributed by atoms with van der Waals surface area (Å²) in [4.78, 5) is 14.5. The maximum absolute atomic E-state index is 12.3. The van der Waals surface area contributed by atoms with Gasteiger partial charge in [0.05, 0.1) is 6.54 Å². The summed E-state index contributed by atoms with van der Waals surface area (Å²) in [6, 6.07) is 0.775. The first-order chi connectivity index (χ1) is 9.69. The minimum Gasteiger partial charge on any atom is -0.396 e. The molecule has 1 saturated heterocycles. The van der Waals surface area contributed by atoms with Crippen molar-refractivity contribution >= 4 is 17.7 Å². The van der Waals surface area contributed by atoms with E-state index in [1.165, 1.54) is 31.4 Å². The van der Waals surface area contributed by atoms with Crippen LogP contribution in [-0.4, -0.2) is 59.7 Å². The quantitative estimate of drug-likeness (QED) is 0.793. The molecule has 2 aliphatic carbocycles. The number of carbonyl (C=O) groups is 1. The van der Waals surface area contributed by atoms with Crippen LogP contribution in [-0.2, 0) is 4.79 Å². The van der Waals surface area contributed by atoms with E-state index >= 15 is 0 Å². The maximum atomic E-state index is 12.3. The number of rotatable bonds is 5. The Morgan fingerprint density at radius 1 is 1.35 bits per heavy atom. The van der Waals surface area contributed by atoms with E-state index < -0.39 is 0 Å². The van der Waals surface area contributed by atoms with Crippen LogP contribution < -0.4 is 5.32 Å². The molecule has 114 valence electrons. The molecule has 5 atom stereocenters. The molecule has 0 spiro atoms. The number of nitrogens with zero attached hydrogens (tertiary/aromatic N) is 1. The zero-order valence-electron chi connectivity index (χ0n) is 12.3. The summed E-state index contributed by atoms with van der Waals surface area (Å²) >= 11 is 1.98. The molecule has 1 amide bonds. The highest BCUT2D eigenvalue weighted by atomic mass is 32.2. The Balaban J connectivity index is 1.51. The van der Waals surface area contributed by atoms with Crippen molar-refractivity contribution in [1.29, 1.82) is 0 Å². The number of aliphatic hydroxyl groups is 1. The third kappa shape index (κ3) is 2.85. The van der Waals surface area contributed by atoms with Crippen LogP contribution in [0.3, 0.4) is 0 Å². The second-order valence-corrected chi connectivity index (χ2v) is 7.86. The molecule has 20 heavy (non-hydrogen) atoms. The number of likely N-dealkylation sites (N-methyl/N-ethyl adjacent to an activating group) is 1. The fourth-order valence-electron chi connectivity index (χ4n) is 4.35. The van der Waals surface area contributed by atoms with Crippen LogP contribution >= 0.6 is 11.8 Å². The second kappa shape index (κ2) is 6.24. The minimum atomic E-state index is 0.139. The van der Waals surface area contributed by atoms with Gasteiger partial charge in [0.25, 0.3) is 0 Å². The molecule has 3 rings (SSSR count). The summed E-state index contributed by atoms with van der Waals surface area (Å²) in [5, 5.41) is 12.8. The Morgan fingerprint density at radius 3 is 2.85 bits per heavy atom. The van der Waals surface area contributed by atoms with Crippen LogP contribution in [0.5, 0.6) is 0 Å². The van der Waals surface area contributed by atoms with Crippen LogP contribution in [0.2, 0.25) is 0 Å². The molecule has 3 fully saturated rings. The lowest BCUT2D eigenvalue weighted by molar-refractivity contribution is -0.123. The average molecular weight is 298 g/mol. The Kier molecular flexibility index (Phi) is 4.58. The summed E-state index contributed by atoms with van der Waals surface area (Å²) in [6.07, 6.45) is 4.86. The lowest BCUT2D eigenvalue weighted by Gasteiger charge is -2.31. The zero-order valence-corrected chi connectivity index (χ0v) is 13.1. The average Bonchev–Trinajstić information content (AvgIpc) is 3.15. The molecule has 1 heterocycles. The van der Waals surface area contributed by atoms with Gasteiger partial charge < -0.3 is 10.4 Å². The fraction of sp³-hybridized carbons (Fsp3) is 0.933. The van der Waals surface area contributed by atoms with E-state index in [0.29, 0.717) is 30.3 Å². The predicted octanol–water partition coefficient (Wildman–Crippen LogP) is 0.947. The van der Waals surface area contributed by atoms with E-state index in [1.807, 2.05) is 11.8 Å². The first kappa shape index (κ1) is 14.7. The van der Waals surface area contributed by atoms with Gasteiger partial charge in [0, 0.05) is 30.4 Å². The molecule has 0 radical (unpaired) electrons. The van der Waals surface area contributed by atoms with Crippen molar-refractivity contribution in [3.05, 3.63) is 0 Å². The standard InChI is InChI=1S/C15H26N2O2S/c1-17(12-4-5-20-9-12)7-14(19)16-15-11-3-2-10(6-11)13(15)8-18/h10-13,15,18H,2-9H2,1H3,(H,16,19). The Bertz CT molecular complexity index is 360. The van der Waals surface area contributed by atoms with Crippen LogP contribution in [0.1, 0.15) is 25.7 Å². The van der Waals surface area contributed by atoms with E-state index in [1.54, 1.807) is 0 Å². The van der Waals surface area contributed by atoms with Gasteiger partial charge in [0.15, 0.2) is 0 Å². The number of carbonyl (C=O) groups excluding carboxylic acids is 1. The van der Waals surface area contributed by atoms with Crippen molar-refractivity contribution in [3.63, 3.8) is 0 Å². The second-order valence-electron chi connectivity index (χ2n) is 6.71. The minimum absolute atomic E-state index is 0.139. The van der Waals surface area contributed by atoms with Crippen LogP contribution in [0.15, 0.2) is 0 Å². The van der Waals surface area contributed by atoms with E-state index in [9.17, 15) is 9.90 Å². The number of amides is 1. The zero-order chi connectivity index (χ0) is 14.1. The third-order valence-electron chi connectivity index (χ3n) is 5.55. The Hall–Kier alpha value is -0.260. The lowest BCUT2D eigenvalue weighted by atomic mass is 9.85. The monoisotopic (exact) mass is 298 g/mol. The molecule has 0 aromatic carbocycles. The molecule has 5 unspecified atom stereocenters. The van der Waals surface area contributed by atoms with Gasteiger partial charge in [-0.25, -0.2) is 0 Å². The first-order valence-electron chi connectivity index (χ1n) is 7.87. The molecule has 1 aliphatic heterocycles. The third-order valence-corrected chi connectivity index (χ3v) is 6.69. The summed E-state index contributed by atoms with van der Waals surface area (Å²) < 4.78 is 0. The van der Waals surface area contributed by atoms with Gasteiger partial charge in [0.2, 0.25) is 5.91 Å². The number of hydrogen-bond donors (Lipinski definition) is 2. The van der Waals surface area contributed by atoms with Gasteiger partial charge in [-0.3, -0.25) is 9.69 Å². The highest BCUT2D eigenvalue weighted by Gasteiger charge is 2.47. The van der Waals surface area contributed by atoms with Crippen molar-refractivity contribution in [2.45, 2.75) is 37.8 Å². The van der Waals surface area contributed by atoms with Gasteiger partial charge >= 0.3 is 0 Å². The van der Waals surface area contributed by atoms with Crippen molar-refractivity contribution in [2.24, 2.45) is 17.8 Å². The highest BCUT2D eigenvalue weighted by molar-refractivity contribution is 7.99. The fourth-order valence-corrected chi connectivity index (χ4v) is 5.65. The summed E-state index contributed by atoms with van der Waals surface area (Å²) in [5.74, 6) is 4.05. The molecule has 2 N–H and O–H groups in total. The lowest BCUT2D eigenvalue weighted by Crippen LogP contribution is -2.49. The Morgan fingerprint density at radius 2 is 2.15 bits per heavy atom. The number of fused-ring (bicyclic) bond motifs is 2. The SMILES string of the molecule is CN(CC(=O)NC1C2CCC(C2)C1CO)C1CCSC1. The van der Waals surface area contributed by atoms with E-state index in [-0.39, 0.29) is 18.6 Å². The molecule has 5 heteroatoms. The van der Waals surface area contributed by atoms with Gasteiger partial charge in [-0.05, 0) is 50.3 Å². The van der Waals surface area contributed by atoms with Crippen LogP contribution in [0.25, 0.3) is 0 Å². The normalized spacial score (nSPS) is 39.6. The van der Waals surface area contributed by atoms with Crippen molar-refractivity contribution in [2.75, 3.05) is 31.7 Å². The predicted molar refractivity (Wildman–Crippen MR) is 81.7 cm³/mol. The largest absolute Gasteiger partial charge is 0.396 e. The molecule has 3 aliphatic rings. The van der Waals surface area contributed by atoms with E-state index in [4.69, 9.17) is 0 Å². The summed E-state index contributed by atoms with van der Waals surface area (Å²) in [7, 11) is 2.06. The van der Waals surface area contributed by atoms with Crippen molar-refractivity contribution < 1.29 is 9.90 Å². The van der Waals surface area contributed by atoms with Gasteiger partial charge in [-0.1, -0.05) is 0 Å². The van der Waals surface area contributed by atoms with Crippen molar-refractivity contribution in [3.8, 4) is 0 Å². The van der Waals surface area contributed by atoms with Gasteiger partial charge in [0.1, 0.15) is 0 Å². The van der Waals surface area contributed by atoms with E-state index in [2.05, 4.69) is 17.3 Å². The summed E-state index contributed by atoms with van der Waals surface area (Å²) in [6.45, 7) is 0.721. The van der Waals surface area contributed by atoms with Crippen LogP contribution in [0.4, 0.5) is 0 Å². The molecular weight excluding hydrogens is 272 g/mol. The Labute approximate surface area is 125 Å². The van der Waals surface area contributed by atoms with Crippen molar-refractivity contribution in [1.82, 2.24) is 10.2 Å². The summed E-state index contributed by atoms with van der Waals surface area (Å²) in [5.41, 5.74) is 0. The molecule has 2 bridgehead atoms. The van der Waals surface area contributed by atoms with Gasteiger partial charge in [-0.2, -0.15) is 11.8 Å². The van der Waals surface area contributed by atoms with Crippen LogP contribution in [0, 0.1) is 17.8 Å². The highest BCUT2D eigenvalue weighted by Crippen LogP contribution is 2.48. The maximum Gasteiger partial charge on any atom is 0.234 e. The molecule has 0 aromatic heterocycles. The first-order valence-corrected chi connectivity index (χ1v) is 9.02.